The lowest BCUT2D eigenvalue weighted by molar-refractivity contribution is -0.123. The van der Waals surface area contributed by atoms with E-state index >= 15 is 0 Å². The number of hydrogen-bond acceptors (Lipinski definition) is 3. The molecule has 2 rings (SSSR count). The number of hydrogen-bond donors (Lipinski definition) is 1. The van der Waals surface area contributed by atoms with Crippen LogP contribution in [0.25, 0.3) is 0 Å². The van der Waals surface area contributed by atoms with Gasteiger partial charge in [-0.15, -0.1) is 0 Å². The van der Waals surface area contributed by atoms with Crippen molar-refractivity contribution in [1.82, 2.24) is 5.32 Å². The number of para-hydroxylation sites is 1. The van der Waals surface area contributed by atoms with Gasteiger partial charge in [0, 0.05) is 12.7 Å². The van der Waals surface area contributed by atoms with E-state index in [0.717, 1.165) is 11.5 Å². The van der Waals surface area contributed by atoms with Crippen molar-refractivity contribution in [3.63, 3.8) is 0 Å². The van der Waals surface area contributed by atoms with Crippen molar-refractivity contribution in [2.75, 3.05) is 11.9 Å². The Bertz CT molecular complexity index is 479. The second-order valence-corrected chi connectivity index (χ2v) is 5.14. The van der Waals surface area contributed by atoms with Crippen LogP contribution in [0.3, 0.4) is 0 Å². The van der Waals surface area contributed by atoms with E-state index in [1.54, 1.807) is 0 Å². The van der Waals surface area contributed by atoms with Gasteiger partial charge in [-0.2, -0.15) is 0 Å². The lowest BCUT2D eigenvalue weighted by atomic mass is 9.99. The Hall–Kier alpha value is -1.84. The Kier molecular flexibility index (Phi) is 3.11. The maximum atomic E-state index is 11.7. The first-order chi connectivity index (χ1) is 8.42. The molecule has 1 heterocycles. The lowest BCUT2D eigenvalue weighted by Gasteiger charge is -2.38. The van der Waals surface area contributed by atoms with Crippen molar-refractivity contribution < 1.29 is 4.79 Å². The van der Waals surface area contributed by atoms with Crippen LogP contribution in [0.4, 0.5) is 5.69 Å². The molecule has 1 aliphatic heterocycles. The Morgan fingerprint density at radius 1 is 1.28 bits per heavy atom. The molecule has 1 atom stereocenters. The topological polar surface area (TPSA) is 44.7 Å². The number of benzene rings is 1. The number of likely N-dealkylation sites (N-methyl/N-ethyl adjacent to an activating group) is 1. The van der Waals surface area contributed by atoms with Crippen molar-refractivity contribution in [2.24, 2.45) is 4.99 Å². The minimum atomic E-state index is -0.450. The quantitative estimate of drug-likeness (QED) is 0.820. The molecular weight excluding hydrogens is 226 g/mol. The molecule has 0 saturated carbocycles. The first-order valence-corrected chi connectivity index (χ1v) is 6.11. The number of aliphatic imine (C=N–C) groups is 1. The van der Waals surface area contributed by atoms with E-state index in [1.807, 2.05) is 63.1 Å². The average molecular weight is 245 g/mol. The maximum absolute atomic E-state index is 11.7. The summed E-state index contributed by atoms with van der Waals surface area (Å²) in [6.07, 6.45) is 0. The molecule has 1 N–H and O–H groups in total. The molecule has 0 aromatic heterocycles. The second kappa shape index (κ2) is 4.44. The van der Waals surface area contributed by atoms with Crippen molar-refractivity contribution in [3.8, 4) is 0 Å². The fraction of sp³-hybridized carbons (Fsp3) is 0.429. The summed E-state index contributed by atoms with van der Waals surface area (Å²) in [7, 11) is 1.97. The molecule has 4 heteroatoms. The molecule has 1 aliphatic rings. The molecule has 0 saturated heterocycles. The van der Waals surface area contributed by atoms with Crippen molar-refractivity contribution in [1.29, 1.82) is 0 Å². The summed E-state index contributed by atoms with van der Waals surface area (Å²) >= 11 is 0. The molecular formula is C14H19N3O. The largest absolute Gasteiger partial charge is 0.342 e. The number of carbonyl (C=O) groups excluding carboxylic acids is 1. The average Bonchev–Trinajstić information content (AvgIpc) is 2.33. The van der Waals surface area contributed by atoms with Crippen molar-refractivity contribution in [3.05, 3.63) is 30.3 Å². The van der Waals surface area contributed by atoms with Gasteiger partial charge in [-0.3, -0.25) is 9.79 Å². The molecule has 1 aromatic rings. The summed E-state index contributed by atoms with van der Waals surface area (Å²) in [4.78, 5) is 18.2. The van der Waals surface area contributed by atoms with Crippen molar-refractivity contribution in [2.45, 2.75) is 32.4 Å². The van der Waals surface area contributed by atoms with Crippen LogP contribution in [0.15, 0.2) is 35.3 Å². The smallest absolute Gasteiger partial charge is 0.245 e. The highest BCUT2D eigenvalue weighted by molar-refractivity contribution is 6.08. The Balaban J connectivity index is 2.37. The highest BCUT2D eigenvalue weighted by Crippen LogP contribution is 2.21. The Morgan fingerprint density at radius 3 is 2.50 bits per heavy atom. The van der Waals surface area contributed by atoms with Crippen LogP contribution in [0.1, 0.15) is 20.8 Å². The van der Waals surface area contributed by atoms with Gasteiger partial charge in [0.15, 0.2) is 0 Å². The zero-order valence-electron chi connectivity index (χ0n) is 11.3. The van der Waals surface area contributed by atoms with E-state index in [0.29, 0.717) is 0 Å². The molecule has 0 bridgehead atoms. The van der Waals surface area contributed by atoms with Gasteiger partial charge in [-0.1, -0.05) is 18.2 Å². The number of rotatable bonds is 1. The number of amides is 1. The summed E-state index contributed by atoms with van der Waals surface area (Å²) in [5.41, 5.74) is 0.612. The highest BCUT2D eigenvalue weighted by Gasteiger charge is 2.36. The summed E-state index contributed by atoms with van der Waals surface area (Å²) in [6.45, 7) is 5.74. The lowest BCUT2D eigenvalue weighted by Crippen LogP contribution is -2.60. The van der Waals surface area contributed by atoms with Gasteiger partial charge in [-0.25, -0.2) is 0 Å². The fourth-order valence-electron chi connectivity index (χ4n) is 2.15. The van der Waals surface area contributed by atoms with Crippen LogP contribution >= 0.6 is 0 Å². The van der Waals surface area contributed by atoms with Crippen LogP contribution in [-0.4, -0.2) is 30.4 Å². The number of nitrogens with one attached hydrogen (secondary N) is 1. The third-order valence-corrected chi connectivity index (χ3v) is 3.15. The molecule has 0 spiro atoms. The van der Waals surface area contributed by atoms with Crippen LogP contribution < -0.4 is 10.2 Å². The number of carbonyl (C=O) groups is 1. The summed E-state index contributed by atoms with van der Waals surface area (Å²) < 4.78 is 0. The van der Waals surface area contributed by atoms with Crippen LogP contribution in [0.2, 0.25) is 0 Å². The molecule has 0 aliphatic carbocycles. The number of nitrogens with zero attached hydrogens (tertiary/aromatic N) is 2. The van der Waals surface area contributed by atoms with Gasteiger partial charge in [-0.05, 0) is 32.9 Å². The third kappa shape index (κ3) is 2.23. The van der Waals surface area contributed by atoms with Crippen LogP contribution in [0, 0.1) is 0 Å². The van der Waals surface area contributed by atoms with E-state index in [9.17, 15) is 4.79 Å². The molecule has 1 amide bonds. The van der Waals surface area contributed by atoms with E-state index < -0.39 is 5.54 Å². The third-order valence-electron chi connectivity index (χ3n) is 3.15. The minimum Gasteiger partial charge on any atom is -0.342 e. The molecule has 4 nitrogen and oxygen atoms in total. The maximum Gasteiger partial charge on any atom is 0.245 e. The molecule has 18 heavy (non-hydrogen) atoms. The summed E-state index contributed by atoms with van der Waals surface area (Å²) in [5, 5.41) is 2.99. The minimum absolute atomic E-state index is 0.0230. The van der Waals surface area contributed by atoms with Gasteiger partial charge in [0.05, 0.1) is 5.54 Å². The zero-order chi connectivity index (χ0) is 13.3. The normalized spacial score (nSPS) is 22.1. The monoisotopic (exact) mass is 245 g/mol. The fourth-order valence-corrected chi connectivity index (χ4v) is 2.15. The molecule has 0 unspecified atom stereocenters. The van der Waals surface area contributed by atoms with E-state index in [2.05, 4.69) is 10.3 Å². The predicted molar refractivity (Wildman–Crippen MR) is 74.0 cm³/mol. The van der Waals surface area contributed by atoms with Gasteiger partial charge in [0.25, 0.3) is 0 Å². The van der Waals surface area contributed by atoms with Gasteiger partial charge in [0.2, 0.25) is 5.91 Å². The molecule has 0 fully saturated rings. The SMILES string of the molecule is C[C@@H]1N=C(N(C)c2ccccc2)C(C)(C)NC1=O. The van der Waals surface area contributed by atoms with Gasteiger partial charge < -0.3 is 10.2 Å². The van der Waals surface area contributed by atoms with Crippen molar-refractivity contribution >= 4 is 17.4 Å². The summed E-state index contributed by atoms with van der Waals surface area (Å²) in [6, 6.07) is 9.68. The second-order valence-electron chi connectivity index (χ2n) is 5.14. The highest BCUT2D eigenvalue weighted by atomic mass is 16.2. The predicted octanol–water partition coefficient (Wildman–Crippen LogP) is 1.82. The van der Waals surface area contributed by atoms with E-state index in [4.69, 9.17) is 0 Å². The van der Waals surface area contributed by atoms with Gasteiger partial charge in [0.1, 0.15) is 11.9 Å². The Labute approximate surface area is 108 Å². The molecule has 0 radical (unpaired) electrons. The summed E-state index contributed by atoms with van der Waals surface area (Å²) in [5.74, 6) is 0.853. The zero-order valence-corrected chi connectivity index (χ0v) is 11.3. The molecule has 1 aromatic carbocycles. The number of amidine groups is 1. The van der Waals surface area contributed by atoms with Crippen LogP contribution in [-0.2, 0) is 4.79 Å². The number of anilines is 1. The Morgan fingerprint density at radius 2 is 1.89 bits per heavy atom. The molecule has 96 valence electrons. The first kappa shape index (κ1) is 12.6. The standard InChI is InChI=1S/C14H19N3O/c1-10-12(18)16-14(2,3)13(15-10)17(4)11-8-6-5-7-9-11/h5-10H,1-4H3,(H,16,18)/t10-/m0/s1. The van der Waals surface area contributed by atoms with Gasteiger partial charge >= 0.3 is 0 Å². The van der Waals surface area contributed by atoms with Crippen LogP contribution in [0.5, 0.6) is 0 Å². The first-order valence-electron chi connectivity index (χ1n) is 6.11. The van der Waals surface area contributed by atoms with E-state index in [-0.39, 0.29) is 11.9 Å². The van der Waals surface area contributed by atoms with E-state index in [1.165, 1.54) is 0 Å².